The largest absolute Gasteiger partial charge is 0.495 e. The second-order valence-electron chi connectivity index (χ2n) is 2.92. The number of benzene rings is 1. The highest BCUT2D eigenvalue weighted by Crippen LogP contribution is 2.32. The Morgan fingerprint density at radius 2 is 2.29 bits per heavy atom. The van der Waals surface area contributed by atoms with Crippen LogP contribution in [-0.2, 0) is 6.42 Å². The molecular weight excluding hydrogens is 218 g/mol. The molecule has 0 aliphatic rings. The first-order valence-corrected chi connectivity index (χ1v) is 5.57. The fraction of sp³-hybridized carbons (Fsp3) is 0.300. The van der Waals surface area contributed by atoms with Gasteiger partial charge in [-0.15, -0.1) is 11.3 Å². The van der Waals surface area contributed by atoms with Crippen molar-refractivity contribution in [2.45, 2.75) is 13.3 Å². The van der Waals surface area contributed by atoms with E-state index in [1.165, 1.54) is 0 Å². The highest BCUT2D eigenvalue weighted by atomic mass is 35.5. The van der Waals surface area contributed by atoms with Crippen molar-refractivity contribution in [1.82, 2.24) is 4.98 Å². The quantitative estimate of drug-likeness (QED) is 0.783. The summed E-state index contributed by atoms with van der Waals surface area (Å²) in [4.78, 5) is 4.45. The molecular formula is C10H10ClNOS. The molecule has 74 valence electrons. The van der Waals surface area contributed by atoms with E-state index >= 15 is 0 Å². The van der Waals surface area contributed by atoms with Gasteiger partial charge in [0.15, 0.2) is 0 Å². The van der Waals surface area contributed by atoms with Crippen molar-refractivity contribution in [3.05, 3.63) is 22.2 Å². The normalized spacial score (nSPS) is 10.8. The number of fused-ring (bicyclic) bond motifs is 1. The molecule has 0 spiro atoms. The average molecular weight is 228 g/mol. The lowest BCUT2D eigenvalue weighted by molar-refractivity contribution is 0.415. The van der Waals surface area contributed by atoms with E-state index in [-0.39, 0.29) is 0 Å². The number of hydrogen-bond donors (Lipinski definition) is 0. The van der Waals surface area contributed by atoms with E-state index in [9.17, 15) is 0 Å². The molecule has 0 amide bonds. The summed E-state index contributed by atoms with van der Waals surface area (Å²) in [5.41, 5.74) is 0.956. The van der Waals surface area contributed by atoms with E-state index in [1.54, 1.807) is 18.4 Å². The first-order chi connectivity index (χ1) is 6.74. The Morgan fingerprint density at radius 1 is 1.50 bits per heavy atom. The van der Waals surface area contributed by atoms with Crippen molar-refractivity contribution in [3.63, 3.8) is 0 Å². The Balaban J connectivity index is 2.64. The fourth-order valence-corrected chi connectivity index (χ4v) is 2.44. The zero-order valence-electron chi connectivity index (χ0n) is 8.00. The van der Waals surface area contributed by atoms with Crippen molar-refractivity contribution >= 4 is 33.2 Å². The molecule has 0 aliphatic heterocycles. The highest BCUT2D eigenvalue weighted by Gasteiger charge is 2.07. The monoisotopic (exact) mass is 227 g/mol. The summed E-state index contributed by atoms with van der Waals surface area (Å²) in [6, 6.07) is 3.79. The molecule has 1 aromatic carbocycles. The molecule has 2 nitrogen and oxygen atoms in total. The van der Waals surface area contributed by atoms with Gasteiger partial charge in [0.05, 0.1) is 27.4 Å². The summed E-state index contributed by atoms with van der Waals surface area (Å²) in [5, 5.41) is 1.75. The predicted molar refractivity (Wildman–Crippen MR) is 60.6 cm³/mol. The van der Waals surface area contributed by atoms with Crippen LogP contribution in [0.25, 0.3) is 10.2 Å². The van der Waals surface area contributed by atoms with Crippen LogP contribution in [0.1, 0.15) is 11.9 Å². The Hall–Kier alpha value is -0.800. The maximum absolute atomic E-state index is 6.00. The van der Waals surface area contributed by atoms with E-state index in [0.29, 0.717) is 10.8 Å². The van der Waals surface area contributed by atoms with Crippen LogP contribution in [0.4, 0.5) is 0 Å². The van der Waals surface area contributed by atoms with Crippen molar-refractivity contribution in [1.29, 1.82) is 0 Å². The molecule has 2 rings (SSSR count). The molecule has 0 atom stereocenters. The van der Waals surface area contributed by atoms with Gasteiger partial charge in [-0.1, -0.05) is 18.5 Å². The summed E-state index contributed by atoms with van der Waals surface area (Å²) < 4.78 is 6.27. The van der Waals surface area contributed by atoms with E-state index in [4.69, 9.17) is 16.3 Å². The van der Waals surface area contributed by atoms with E-state index in [0.717, 1.165) is 21.6 Å². The number of nitrogens with zero attached hydrogens (tertiary/aromatic N) is 1. The minimum Gasteiger partial charge on any atom is -0.495 e. The lowest BCUT2D eigenvalue weighted by Gasteiger charge is -2.00. The Bertz CT molecular complexity index is 466. The van der Waals surface area contributed by atoms with Crippen LogP contribution in [0.3, 0.4) is 0 Å². The fourth-order valence-electron chi connectivity index (χ4n) is 1.29. The average Bonchev–Trinajstić information content (AvgIpc) is 2.58. The van der Waals surface area contributed by atoms with Crippen LogP contribution in [0, 0.1) is 0 Å². The van der Waals surface area contributed by atoms with Gasteiger partial charge in [-0.25, -0.2) is 4.98 Å². The Morgan fingerprint density at radius 3 is 2.93 bits per heavy atom. The zero-order valence-corrected chi connectivity index (χ0v) is 9.58. The van der Waals surface area contributed by atoms with Gasteiger partial charge in [-0.3, -0.25) is 0 Å². The molecule has 0 saturated carbocycles. The van der Waals surface area contributed by atoms with Crippen molar-refractivity contribution in [3.8, 4) is 5.75 Å². The van der Waals surface area contributed by atoms with E-state index in [2.05, 4.69) is 11.9 Å². The molecule has 1 aromatic heterocycles. The van der Waals surface area contributed by atoms with Gasteiger partial charge in [0.25, 0.3) is 0 Å². The molecule has 4 heteroatoms. The van der Waals surface area contributed by atoms with Gasteiger partial charge in [0, 0.05) is 6.07 Å². The third-order valence-electron chi connectivity index (χ3n) is 2.01. The van der Waals surface area contributed by atoms with Gasteiger partial charge >= 0.3 is 0 Å². The molecule has 0 saturated heterocycles. The van der Waals surface area contributed by atoms with Gasteiger partial charge in [-0.2, -0.15) is 0 Å². The first kappa shape index (κ1) is 9.74. The first-order valence-electron chi connectivity index (χ1n) is 4.37. The molecule has 0 radical (unpaired) electrons. The van der Waals surface area contributed by atoms with Crippen LogP contribution >= 0.6 is 22.9 Å². The summed E-state index contributed by atoms with van der Waals surface area (Å²) >= 11 is 7.68. The minimum absolute atomic E-state index is 0.618. The number of aromatic nitrogens is 1. The van der Waals surface area contributed by atoms with Crippen LogP contribution in [-0.4, -0.2) is 12.1 Å². The third-order valence-corrected chi connectivity index (χ3v) is 3.47. The van der Waals surface area contributed by atoms with Gasteiger partial charge in [0.2, 0.25) is 0 Å². The lowest BCUT2D eigenvalue weighted by Crippen LogP contribution is -1.83. The summed E-state index contributed by atoms with van der Waals surface area (Å²) in [5.74, 6) is 0.713. The zero-order chi connectivity index (χ0) is 10.1. The molecule has 2 aromatic rings. The molecule has 14 heavy (non-hydrogen) atoms. The van der Waals surface area contributed by atoms with Crippen molar-refractivity contribution < 1.29 is 4.74 Å². The molecule has 1 heterocycles. The maximum Gasteiger partial charge on any atom is 0.139 e. The second-order valence-corrected chi connectivity index (χ2v) is 4.44. The molecule has 0 bridgehead atoms. The molecule has 0 aliphatic carbocycles. The SMILES string of the molecule is CCc1nc2cc(Cl)c(OC)cc2s1. The van der Waals surface area contributed by atoms with E-state index < -0.39 is 0 Å². The third kappa shape index (κ3) is 1.57. The predicted octanol–water partition coefficient (Wildman–Crippen LogP) is 3.52. The summed E-state index contributed by atoms with van der Waals surface area (Å²) in [6.45, 7) is 2.09. The van der Waals surface area contributed by atoms with Gasteiger partial charge in [0.1, 0.15) is 5.75 Å². The number of aryl methyl sites for hydroxylation is 1. The number of methoxy groups -OCH3 is 1. The summed E-state index contributed by atoms with van der Waals surface area (Å²) in [6.07, 6.45) is 0.958. The smallest absolute Gasteiger partial charge is 0.139 e. The molecule has 0 N–H and O–H groups in total. The van der Waals surface area contributed by atoms with Crippen molar-refractivity contribution in [2.75, 3.05) is 7.11 Å². The van der Waals surface area contributed by atoms with Crippen molar-refractivity contribution in [2.24, 2.45) is 0 Å². The van der Waals surface area contributed by atoms with E-state index in [1.807, 2.05) is 12.1 Å². The number of hydrogen-bond acceptors (Lipinski definition) is 3. The minimum atomic E-state index is 0.618. The maximum atomic E-state index is 6.00. The standard InChI is InChI=1S/C10H10ClNOS/c1-3-10-12-7-4-6(11)8(13-2)5-9(7)14-10/h4-5H,3H2,1-2H3. The van der Waals surface area contributed by atoms with Gasteiger partial charge < -0.3 is 4.74 Å². The number of rotatable bonds is 2. The van der Waals surface area contributed by atoms with Crippen LogP contribution < -0.4 is 4.74 Å². The highest BCUT2D eigenvalue weighted by molar-refractivity contribution is 7.18. The van der Waals surface area contributed by atoms with Gasteiger partial charge in [-0.05, 0) is 12.5 Å². The molecule has 0 fully saturated rings. The summed E-state index contributed by atoms with van der Waals surface area (Å²) in [7, 11) is 1.62. The Labute approximate surface area is 91.5 Å². The Kier molecular flexibility index (Phi) is 2.61. The van der Waals surface area contributed by atoms with Crippen LogP contribution in [0.5, 0.6) is 5.75 Å². The second kappa shape index (κ2) is 3.75. The number of halogens is 1. The number of thiazole rings is 1. The van der Waals surface area contributed by atoms with Crippen LogP contribution in [0.2, 0.25) is 5.02 Å². The number of ether oxygens (including phenoxy) is 1. The topological polar surface area (TPSA) is 22.1 Å². The van der Waals surface area contributed by atoms with Crippen LogP contribution in [0.15, 0.2) is 12.1 Å². The molecule has 0 unspecified atom stereocenters. The lowest BCUT2D eigenvalue weighted by atomic mass is 10.3.